The lowest BCUT2D eigenvalue weighted by molar-refractivity contribution is -0.137. The van der Waals surface area contributed by atoms with Crippen LogP contribution < -0.4 is 20.5 Å². The summed E-state index contributed by atoms with van der Waals surface area (Å²) in [5.74, 6) is -0.504. The number of fused-ring (bicyclic) bond motifs is 1. The highest BCUT2D eigenvalue weighted by molar-refractivity contribution is 6.03. The van der Waals surface area contributed by atoms with Crippen molar-refractivity contribution in [3.05, 3.63) is 54.1 Å². The molecule has 2 aromatic rings. The van der Waals surface area contributed by atoms with Crippen molar-refractivity contribution in [1.82, 2.24) is 5.43 Å². The molecule has 0 aliphatic carbocycles. The molecule has 1 heterocycles. The Balaban J connectivity index is 1.67. The summed E-state index contributed by atoms with van der Waals surface area (Å²) in [5.41, 5.74) is 4.41. The Morgan fingerprint density at radius 3 is 2.67 bits per heavy atom. The van der Waals surface area contributed by atoms with Gasteiger partial charge in [-0.1, -0.05) is 18.2 Å². The largest absolute Gasteiger partial charge is 0.479 e. The molecular weight excluding hydrogens is 363 g/mol. The van der Waals surface area contributed by atoms with Crippen LogP contribution in [0.3, 0.4) is 0 Å². The van der Waals surface area contributed by atoms with Crippen LogP contribution in [-0.4, -0.2) is 24.5 Å². The van der Waals surface area contributed by atoms with Gasteiger partial charge in [0.05, 0.1) is 16.9 Å². The minimum Gasteiger partial charge on any atom is -0.479 e. The lowest BCUT2D eigenvalue weighted by Gasteiger charge is -2.32. The number of hydrogen-bond acceptors (Lipinski definition) is 4. The predicted molar refractivity (Wildman–Crippen MR) is 92.1 cm³/mol. The number of amides is 2. The van der Waals surface area contributed by atoms with Gasteiger partial charge in [-0.05, 0) is 37.3 Å². The van der Waals surface area contributed by atoms with Gasteiger partial charge < -0.3 is 4.74 Å². The molecule has 142 valence electrons. The van der Waals surface area contributed by atoms with E-state index in [-0.39, 0.29) is 18.1 Å². The number of alkyl halides is 3. The van der Waals surface area contributed by atoms with Crippen molar-refractivity contribution in [2.75, 3.05) is 16.9 Å². The van der Waals surface area contributed by atoms with Gasteiger partial charge in [0.15, 0.2) is 6.10 Å². The average molecular weight is 379 g/mol. The quantitative estimate of drug-likeness (QED) is 0.802. The number of hydrogen-bond donors (Lipinski definition) is 2. The molecule has 2 amide bonds. The molecule has 1 aliphatic rings. The number of halogens is 3. The highest BCUT2D eigenvalue weighted by Crippen LogP contribution is 2.33. The van der Waals surface area contributed by atoms with E-state index in [9.17, 15) is 22.8 Å². The molecular formula is C18H16F3N3O3. The number of nitrogens with zero attached hydrogens (tertiary/aromatic N) is 1. The Hall–Kier alpha value is -3.23. The lowest BCUT2D eigenvalue weighted by Crippen LogP contribution is -2.49. The second kappa shape index (κ2) is 7.18. The third-order valence-electron chi connectivity index (χ3n) is 3.91. The van der Waals surface area contributed by atoms with Gasteiger partial charge in [-0.3, -0.25) is 25.3 Å². The molecule has 0 aromatic heterocycles. The van der Waals surface area contributed by atoms with Crippen LogP contribution >= 0.6 is 0 Å². The standard InChI is InChI=1S/C18H16F3N3O3/c1-11-17(26)24(14-7-2-3-8-15(14)27-11)10-16(25)23-22-13-6-4-5-12(9-13)18(19,20)21/h2-9,11,22H,10H2,1H3,(H,23,25)/t11-/m1/s1. The topological polar surface area (TPSA) is 70.7 Å². The van der Waals surface area contributed by atoms with Crippen molar-refractivity contribution in [1.29, 1.82) is 0 Å². The van der Waals surface area contributed by atoms with Crippen LogP contribution in [0.25, 0.3) is 0 Å². The molecule has 0 unspecified atom stereocenters. The van der Waals surface area contributed by atoms with Crippen molar-refractivity contribution in [2.24, 2.45) is 0 Å². The van der Waals surface area contributed by atoms with Crippen LogP contribution in [-0.2, 0) is 15.8 Å². The summed E-state index contributed by atoms with van der Waals surface area (Å²) in [6, 6.07) is 11.2. The summed E-state index contributed by atoms with van der Waals surface area (Å²) < 4.78 is 43.7. The minimum absolute atomic E-state index is 0.0697. The Kier molecular flexibility index (Phi) is 4.93. The molecule has 9 heteroatoms. The van der Waals surface area contributed by atoms with Gasteiger partial charge in [0, 0.05) is 0 Å². The molecule has 0 fully saturated rings. The Labute approximate surface area is 152 Å². The molecule has 0 radical (unpaired) electrons. The number of para-hydroxylation sites is 2. The molecule has 0 saturated carbocycles. The number of benzene rings is 2. The number of anilines is 2. The smallest absolute Gasteiger partial charge is 0.416 e. The number of hydrazine groups is 1. The van der Waals surface area contributed by atoms with E-state index in [1.54, 1.807) is 31.2 Å². The van der Waals surface area contributed by atoms with Gasteiger partial charge in [-0.2, -0.15) is 13.2 Å². The molecule has 3 rings (SSSR count). The third-order valence-corrected chi connectivity index (χ3v) is 3.91. The van der Waals surface area contributed by atoms with E-state index in [2.05, 4.69) is 10.9 Å². The van der Waals surface area contributed by atoms with Gasteiger partial charge in [0.2, 0.25) is 0 Å². The molecule has 1 atom stereocenters. The number of nitrogens with one attached hydrogen (secondary N) is 2. The first-order chi connectivity index (χ1) is 12.8. The summed E-state index contributed by atoms with van der Waals surface area (Å²) in [7, 11) is 0. The van der Waals surface area contributed by atoms with E-state index < -0.39 is 23.8 Å². The zero-order valence-corrected chi connectivity index (χ0v) is 14.2. The number of ether oxygens (including phenoxy) is 1. The van der Waals surface area contributed by atoms with Crippen molar-refractivity contribution in [3.63, 3.8) is 0 Å². The molecule has 6 nitrogen and oxygen atoms in total. The Morgan fingerprint density at radius 1 is 1.19 bits per heavy atom. The molecule has 2 N–H and O–H groups in total. The van der Waals surface area contributed by atoms with Crippen LogP contribution in [0.4, 0.5) is 24.5 Å². The highest BCUT2D eigenvalue weighted by Gasteiger charge is 2.33. The zero-order chi connectivity index (χ0) is 19.6. The van der Waals surface area contributed by atoms with E-state index in [0.717, 1.165) is 12.1 Å². The van der Waals surface area contributed by atoms with Crippen molar-refractivity contribution >= 4 is 23.2 Å². The molecule has 0 saturated heterocycles. The Morgan fingerprint density at radius 2 is 1.93 bits per heavy atom. The lowest BCUT2D eigenvalue weighted by atomic mass is 10.2. The second-order valence-electron chi connectivity index (χ2n) is 5.90. The van der Waals surface area contributed by atoms with E-state index in [4.69, 9.17) is 4.74 Å². The number of carbonyl (C=O) groups is 2. The van der Waals surface area contributed by atoms with E-state index >= 15 is 0 Å². The minimum atomic E-state index is -4.48. The first-order valence-corrected chi connectivity index (χ1v) is 8.05. The van der Waals surface area contributed by atoms with Crippen LogP contribution in [0.5, 0.6) is 5.75 Å². The van der Waals surface area contributed by atoms with Crippen molar-refractivity contribution in [3.8, 4) is 5.75 Å². The van der Waals surface area contributed by atoms with Gasteiger partial charge in [0.1, 0.15) is 12.3 Å². The van der Waals surface area contributed by atoms with Crippen LogP contribution in [0, 0.1) is 0 Å². The second-order valence-corrected chi connectivity index (χ2v) is 5.90. The van der Waals surface area contributed by atoms with Gasteiger partial charge in [-0.25, -0.2) is 0 Å². The fourth-order valence-electron chi connectivity index (χ4n) is 2.62. The maximum absolute atomic E-state index is 12.7. The fraction of sp³-hybridized carbons (Fsp3) is 0.222. The number of rotatable bonds is 4. The van der Waals surface area contributed by atoms with Crippen LogP contribution in [0.15, 0.2) is 48.5 Å². The first-order valence-electron chi connectivity index (χ1n) is 8.05. The maximum Gasteiger partial charge on any atom is 0.416 e. The molecule has 1 aliphatic heterocycles. The number of carbonyl (C=O) groups excluding carboxylic acids is 2. The SMILES string of the molecule is C[C@H]1Oc2ccccc2N(CC(=O)NNc2cccc(C(F)(F)F)c2)C1=O. The first kappa shape index (κ1) is 18.6. The normalized spacial score (nSPS) is 16.4. The van der Waals surface area contributed by atoms with E-state index in [1.807, 2.05) is 0 Å². The highest BCUT2D eigenvalue weighted by atomic mass is 19.4. The molecule has 0 bridgehead atoms. The summed E-state index contributed by atoms with van der Waals surface area (Å²) in [6.45, 7) is 1.26. The molecule has 27 heavy (non-hydrogen) atoms. The van der Waals surface area contributed by atoms with Gasteiger partial charge in [0.25, 0.3) is 11.8 Å². The summed E-state index contributed by atoms with van der Waals surface area (Å²) in [6.07, 6.45) is -5.23. The summed E-state index contributed by atoms with van der Waals surface area (Å²) in [5, 5.41) is 0. The van der Waals surface area contributed by atoms with Gasteiger partial charge in [-0.15, -0.1) is 0 Å². The fourth-order valence-corrected chi connectivity index (χ4v) is 2.62. The monoisotopic (exact) mass is 379 g/mol. The van der Waals surface area contributed by atoms with Crippen LogP contribution in [0.1, 0.15) is 12.5 Å². The van der Waals surface area contributed by atoms with Gasteiger partial charge >= 0.3 is 6.18 Å². The van der Waals surface area contributed by atoms with Crippen molar-refractivity contribution in [2.45, 2.75) is 19.2 Å². The summed E-state index contributed by atoms with van der Waals surface area (Å²) >= 11 is 0. The predicted octanol–water partition coefficient (Wildman–Crippen LogP) is 2.96. The summed E-state index contributed by atoms with van der Waals surface area (Å²) in [4.78, 5) is 25.8. The molecule has 0 spiro atoms. The van der Waals surface area contributed by atoms with Crippen molar-refractivity contribution < 1.29 is 27.5 Å². The van der Waals surface area contributed by atoms with Crippen LogP contribution in [0.2, 0.25) is 0 Å². The maximum atomic E-state index is 12.7. The van der Waals surface area contributed by atoms with E-state index in [1.165, 1.54) is 17.0 Å². The third kappa shape index (κ3) is 4.13. The zero-order valence-electron chi connectivity index (χ0n) is 14.2. The Bertz CT molecular complexity index is 870. The van der Waals surface area contributed by atoms with E-state index in [0.29, 0.717) is 11.4 Å². The molecule has 2 aromatic carbocycles. The average Bonchev–Trinajstić information content (AvgIpc) is 2.63.